The Morgan fingerprint density at radius 1 is 1.04 bits per heavy atom. The van der Waals surface area contributed by atoms with Crippen molar-refractivity contribution >= 4 is 23.3 Å². The van der Waals surface area contributed by atoms with Crippen LogP contribution in [0, 0.1) is 18.7 Å². The normalized spacial score (nSPS) is 15.6. The lowest BCUT2D eigenvalue weighted by Gasteiger charge is -2.32. The molecule has 1 atom stereocenters. The fourth-order valence-electron chi connectivity index (χ4n) is 5.21. The van der Waals surface area contributed by atoms with Crippen LogP contribution in [0.3, 0.4) is 0 Å². The predicted molar refractivity (Wildman–Crippen MR) is 152 cm³/mol. The van der Waals surface area contributed by atoms with E-state index in [1.165, 1.54) is 29.9 Å². The van der Waals surface area contributed by atoms with Gasteiger partial charge in [-0.3, -0.25) is 19.5 Å². The van der Waals surface area contributed by atoms with Gasteiger partial charge in [-0.2, -0.15) is 31.4 Å². The number of nitrogens with one attached hydrogen (secondary N) is 2. The first-order valence-electron chi connectivity index (χ1n) is 14.2. The number of hydrogen-bond acceptors (Lipinski definition) is 6. The van der Waals surface area contributed by atoms with Crippen molar-refractivity contribution in [3.63, 3.8) is 0 Å². The van der Waals surface area contributed by atoms with Crippen molar-refractivity contribution < 1.29 is 40.3 Å². The Labute approximate surface area is 257 Å². The zero-order valence-electron chi connectivity index (χ0n) is 24.5. The van der Waals surface area contributed by atoms with E-state index in [9.17, 15) is 40.3 Å². The standard InChI is InChI=1S/C30H28F7N7O2/c1-16-22(28(46)39-17(2)21-12-20(30(35,36)37)3-4-23(21)31)11-18(13-38-16)24-5-6-26-40-25(14-44(26)42-24)41-27(45)15-43-9-7-19(8-10-43)29(32,33)34/h3-6,11-14,17,19H,7-10,15H2,1-2H3,(H,39,46)(H,41,45)/t17-/m1/s1. The van der Waals surface area contributed by atoms with Gasteiger partial charge in [-0.15, -0.1) is 0 Å². The minimum Gasteiger partial charge on any atom is -0.345 e. The van der Waals surface area contributed by atoms with Gasteiger partial charge >= 0.3 is 12.4 Å². The van der Waals surface area contributed by atoms with Crippen molar-refractivity contribution in [1.29, 1.82) is 0 Å². The number of hydrogen-bond donors (Lipinski definition) is 2. The summed E-state index contributed by atoms with van der Waals surface area (Å²) in [5.74, 6) is -3.21. The molecule has 1 fully saturated rings. The van der Waals surface area contributed by atoms with Gasteiger partial charge in [-0.1, -0.05) is 0 Å². The molecule has 0 saturated carbocycles. The molecule has 2 N–H and O–H groups in total. The molecule has 1 aliphatic heterocycles. The molecule has 1 saturated heterocycles. The van der Waals surface area contributed by atoms with Crippen molar-refractivity contribution in [1.82, 2.24) is 29.8 Å². The number of aryl methyl sites for hydroxylation is 1. The summed E-state index contributed by atoms with van der Waals surface area (Å²) in [6.45, 7) is 3.15. The SMILES string of the molecule is Cc1ncc(-c2ccc3nc(NC(=O)CN4CCC(C(F)(F)F)CC4)cn3n2)cc1C(=O)N[C@H](C)c1cc(C(F)(F)F)ccc1F. The van der Waals surface area contributed by atoms with Gasteiger partial charge in [0.2, 0.25) is 5.91 Å². The summed E-state index contributed by atoms with van der Waals surface area (Å²) >= 11 is 0. The molecule has 0 radical (unpaired) electrons. The molecule has 0 aliphatic carbocycles. The number of anilines is 1. The van der Waals surface area contributed by atoms with Crippen molar-refractivity contribution in [3.8, 4) is 11.3 Å². The van der Waals surface area contributed by atoms with Crippen LogP contribution in [-0.2, 0) is 11.0 Å². The molecule has 46 heavy (non-hydrogen) atoms. The molecule has 9 nitrogen and oxygen atoms in total. The molecule has 3 aromatic heterocycles. The number of halogens is 7. The van der Waals surface area contributed by atoms with E-state index in [1.54, 1.807) is 24.0 Å². The van der Waals surface area contributed by atoms with Gasteiger partial charge in [0.1, 0.15) is 5.82 Å². The van der Waals surface area contributed by atoms with Gasteiger partial charge in [0, 0.05) is 17.3 Å². The number of piperidine rings is 1. The van der Waals surface area contributed by atoms with Crippen LogP contribution in [0.4, 0.5) is 36.6 Å². The van der Waals surface area contributed by atoms with Gasteiger partial charge in [0.05, 0.1) is 47.2 Å². The Morgan fingerprint density at radius 2 is 1.76 bits per heavy atom. The number of fused-ring (bicyclic) bond motifs is 1. The summed E-state index contributed by atoms with van der Waals surface area (Å²) in [4.78, 5) is 35.9. The second kappa shape index (κ2) is 12.7. The van der Waals surface area contributed by atoms with Crippen LogP contribution in [0.15, 0.2) is 48.8 Å². The molecule has 16 heteroatoms. The van der Waals surface area contributed by atoms with Crippen molar-refractivity contribution in [2.45, 2.75) is 45.1 Å². The number of nitrogens with zero attached hydrogens (tertiary/aromatic N) is 5. The lowest BCUT2D eigenvalue weighted by atomic mass is 9.96. The highest BCUT2D eigenvalue weighted by Gasteiger charge is 2.41. The lowest BCUT2D eigenvalue weighted by molar-refractivity contribution is -0.184. The summed E-state index contributed by atoms with van der Waals surface area (Å²) in [6.07, 6.45) is -6.14. The monoisotopic (exact) mass is 651 g/mol. The van der Waals surface area contributed by atoms with Crippen LogP contribution in [0.2, 0.25) is 0 Å². The fourth-order valence-corrected chi connectivity index (χ4v) is 5.21. The number of aromatic nitrogens is 4. The van der Waals surface area contributed by atoms with Crippen LogP contribution in [-0.4, -0.2) is 62.1 Å². The summed E-state index contributed by atoms with van der Waals surface area (Å²) < 4.78 is 93.9. The van der Waals surface area contributed by atoms with E-state index >= 15 is 0 Å². The molecule has 0 unspecified atom stereocenters. The Kier molecular flexibility index (Phi) is 9.02. The molecule has 2 amide bonds. The van der Waals surface area contributed by atoms with Gasteiger partial charge in [-0.25, -0.2) is 13.9 Å². The predicted octanol–water partition coefficient (Wildman–Crippen LogP) is 5.96. The van der Waals surface area contributed by atoms with E-state index in [-0.39, 0.29) is 49.4 Å². The second-order valence-corrected chi connectivity index (χ2v) is 11.1. The first-order valence-corrected chi connectivity index (χ1v) is 14.2. The smallest absolute Gasteiger partial charge is 0.345 e. The van der Waals surface area contributed by atoms with E-state index in [1.807, 2.05) is 0 Å². The zero-order chi connectivity index (χ0) is 33.4. The van der Waals surface area contributed by atoms with Crippen molar-refractivity contribution in [2.24, 2.45) is 5.92 Å². The fraction of sp³-hybridized carbons (Fsp3) is 0.367. The molecule has 0 bridgehead atoms. The zero-order valence-corrected chi connectivity index (χ0v) is 24.5. The second-order valence-electron chi connectivity index (χ2n) is 11.1. The number of rotatable bonds is 7. The maximum Gasteiger partial charge on any atom is 0.416 e. The number of alkyl halides is 6. The number of carbonyl (C=O) groups is 2. The van der Waals surface area contributed by atoms with Gasteiger partial charge in [0.15, 0.2) is 11.5 Å². The van der Waals surface area contributed by atoms with Gasteiger partial charge in [-0.05, 0) is 76.2 Å². The maximum atomic E-state index is 14.4. The first-order chi connectivity index (χ1) is 21.6. The third-order valence-electron chi connectivity index (χ3n) is 7.77. The lowest BCUT2D eigenvalue weighted by Crippen LogP contribution is -2.42. The van der Waals surface area contributed by atoms with Crippen LogP contribution in [0.1, 0.15) is 53.0 Å². The minimum absolute atomic E-state index is 0.0670. The largest absolute Gasteiger partial charge is 0.416 e. The molecular weight excluding hydrogens is 623 g/mol. The third-order valence-corrected chi connectivity index (χ3v) is 7.77. The van der Waals surface area contributed by atoms with Crippen molar-refractivity contribution in [3.05, 3.63) is 77.0 Å². The van der Waals surface area contributed by atoms with Crippen LogP contribution < -0.4 is 10.6 Å². The van der Waals surface area contributed by atoms with Crippen LogP contribution in [0.25, 0.3) is 16.9 Å². The number of amides is 2. The third kappa shape index (κ3) is 7.43. The summed E-state index contributed by atoms with van der Waals surface area (Å²) in [6, 6.07) is 5.59. The highest BCUT2D eigenvalue weighted by Crippen LogP contribution is 2.34. The number of pyridine rings is 1. The maximum absolute atomic E-state index is 14.4. The number of carbonyl (C=O) groups excluding carboxylic acids is 2. The Morgan fingerprint density at radius 3 is 2.43 bits per heavy atom. The molecule has 4 aromatic rings. The number of benzene rings is 1. The molecule has 1 aliphatic rings. The average Bonchev–Trinajstić information content (AvgIpc) is 3.38. The highest BCUT2D eigenvalue weighted by atomic mass is 19.4. The molecule has 5 rings (SSSR count). The van der Waals surface area contributed by atoms with E-state index < -0.39 is 47.5 Å². The van der Waals surface area contributed by atoms with Crippen LogP contribution >= 0.6 is 0 Å². The van der Waals surface area contributed by atoms with Gasteiger partial charge < -0.3 is 10.6 Å². The highest BCUT2D eigenvalue weighted by molar-refractivity contribution is 5.96. The van der Waals surface area contributed by atoms with E-state index in [4.69, 9.17) is 0 Å². The molecular formula is C30H28F7N7O2. The molecule has 244 valence electrons. The van der Waals surface area contributed by atoms with E-state index in [0.717, 1.165) is 0 Å². The Balaban J connectivity index is 1.26. The molecule has 1 aromatic carbocycles. The van der Waals surface area contributed by atoms with E-state index in [2.05, 4.69) is 25.7 Å². The summed E-state index contributed by atoms with van der Waals surface area (Å²) in [7, 11) is 0. The summed E-state index contributed by atoms with van der Waals surface area (Å²) in [5.41, 5.74) is 0.195. The average molecular weight is 652 g/mol. The Hall–Kier alpha value is -4.60. The summed E-state index contributed by atoms with van der Waals surface area (Å²) in [5, 5.41) is 9.62. The number of likely N-dealkylation sites (tertiary alicyclic amines) is 1. The Bertz CT molecular complexity index is 1760. The van der Waals surface area contributed by atoms with Gasteiger partial charge in [0.25, 0.3) is 5.91 Å². The molecule has 0 spiro atoms. The quantitative estimate of drug-likeness (QED) is 0.239. The number of imidazole rings is 1. The van der Waals surface area contributed by atoms with E-state index in [0.29, 0.717) is 40.8 Å². The molecule has 4 heterocycles. The first kappa shape index (κ1) is 32.8. The minimum atomic E-state index is -4.68. The van der Waals surface area contributed by atoms with Crippen LogP contribution in [0.5, 0.6) is 0 Å². The van der Waals surface area contributed by atoms with Crippen molar-refractivity contribution in [2.75, 3.05) is 25.0 Å². The topological polar surface area (TPSA) is 105 Å².